The topological polar surface area (TPSA) is 82.4 Å². The summed E-state index contributed by atoms with van der Waals surface area (Å²) in [6, 6.07) is 6.65. The van der Waals surface area contributed by atoms with E-state index in [2.05, 4.69) is 26.0 Å². The smallest absolute Gasteiger partial charge is 0.507 e. The Kier molecular flexibility index (Phi) is 6.18. The highest BCUT2D eigenvalue weighted by Crippen LogP contribution is 2.39. The van der Waals surface area contributed by atoms with E-state index in [-0.39, 0.29) is 22.6 Å². The Morgan fingerprint density at radius 2 is 1.86 bits per heavy atom. The number of anilines is 1. The minimum Gasteiger partial charge on any atom is -0.507 e. The van der Waals surface area contributed by atoms with Gasteiger partial charge in [0.2, 0.25) is 0 Å². The summed E-state index contributed by atoms with van der Waals surface area (Å²) in [5.41, 5.74) is -0.0200. The van der Waals surface area contributed by atoms with Crippen LogP contribution in [-0.4, -0.2) is 17.4 Å². The number of benzene rings is 2. The predicted molar refractivity (Wildman–Crippen MR) is 105 cm³/mol. The second kappa shape index (κ2) is 7.95. The Labute approximate surface area is 174 Å². The summed E-state index contributed by atoms with van der Waals surface area (Å²) < 4.78 is 42.7. The molecule has 0 aliphatic heterocycles. The van der Waals surface area contributed by atoms with Crippen LogP contribution in [0.4, 0.5) is 18.9 Å². The normalized spacial score (nSPS) is 11.7. The molecule has 2 rings (SSSR count). The van der Waals surface area contributed by atoms with Crippen molar-refractivity contribution < 1.29 is 27.8 Å². The van der Waals surface area contributed by atoms with Crippen molar-refractivity contribution in [1.82, 2.24) is 0 Å². The number of rotatable bonds is 3. The Bertz CT molecular complexity index is 1010. The van der Waals surface area contributed by atoms with Crippen LogP contribution in [0.1, 0.15) is 47.8 Å². The van der Waals surface area contributed by atoms with Gasteiger partial charge >= 0.3 is 6.36 Å². The number of ether oxygens (including phenoxy) is 1. The number of amides is 1. The van der Waals surface area contributed by atoms with Crippen molar-refractivity contribution in [3.8, 4) is 17.6 Å². The van der Waals surface area contributed by atoms with Gasteiger partial charge in [-0.1, -0.05) is 36.7 Å². The lowest BCUT2D eigenvalue weighted by Gasteiger charge is -2.24. The molecule has 0 spiro atoms. The molecule has 0 radical (unpaired) electrons. The Hall–Kier alpha value is -2.73. The first kappa shape index (κ1) is 22.6. The van der Waals surface area contributed by atoms with Crippen molar-refractivity contribution in [3.63, 3.8) is 0 Å². The van der Waals surface area contributed by atoms with E-state index in [1.54, 1.807) is 19.1 Å². The molecule has 0 aromatic heterocycles. The maximum atomic E-state index is 12.9. The number of phenols is 1. The average molecular weight is 471 g/mol. The number of carbonyl (C=O) groups excluding carboxylic acids is 1. The molecule has 2 N–H and O–H groups in total. The van der Waals surface area contributed by atoms with Gasteiger partial charge in [-0.05, 0) is 36.1 Å². The van der Waals surface area contributed by atoms with E-state index in [0.717, 1.165) is 12.1 Å². The van der Waals surface area contributed by atoms with Crippen LogP contribution in [0.3, 0.4) is 0 Å². The molecule has 0 unspecified atom stereocenters. The second-order valence-electron chi connectivity index (χ2n) is 7.33. The van der Waals surface area contributed by atoms with Crippen LogP contribution < -0.4 is 10.1 Å². The number of nitrogens with one attached hydrogen (secondary N) is 1. The summed E-state index contributed by atoms with van der Waals surface area (Å²) in [7, 11) is 0. The third kappa shape index (κ3) is 5.21. The number of alkyl halides is 3. The molecule has 0 atom stereocenters. The van der Waals surface area contributed by atoms with E-state index in [1.807, 2.05) is 20.8 Å². The summed E-state index contributed by atoms with van der Waals surface area (Å²) in [4.78, 5) is 12.9. The monoisotopic (exact) mass is 470 g/mol. The van der Waals surface area contributed by atoms with Gasteiger partial charge in [-0.15, -0.1) is 13.2 Å². The maximum absolute atomic E-state index is 12.9. The predicted octanol–water partition coefficient (Wildman–Crippen LogP) is 5.78. The summed E-state index contributed by atoms with van der Waals surface area (Å²) in [6.45, 7) is 7.14. The van der Waals surface area contributed by atoms with Crippen LogP contribution in [0.5, 0.6) is 11.5 Å². The van der Waals surface area contributed by atoms with Crippen molar-refractivity contribution in [2.45, 2.75) is 39.5 Å². The van der Waals surface area contributed by atoms with E-state index in [0.29, 0.717) is 15.6 Å². The molecule has 0 saturated carbocycles. The number of hydrogen-bond donors (Lipinski definition) is 2. The zero-order valence-corrected chi connectivity index (χ0v) is 17.6. The van der Waals surface area contributed by atoms with Crippen LogP contribution in [0.2, 0.25) is 0 Å². The molecule has 0 aliphatic rings. The largest absolute Gasteiger partial charge is 0.573 e. The number of halogens is 4. The third-order valence-electron chi connectivity index (χ3n) is 4.12. The van der Waals surface area contributed by atoms with Gasteiger partial charge < -0.3 is 15.2 Å². The SMILES string of the molecule is Cc1c(Br)cc(C(C)(C)C)c(O)c1C(=O)Nc1ccc(C#N)cc1OC(F)(F)F. The molecule has 0 fully saturated rings. The fraction of sp³-hybridized carbons (Fsp3) is 0.300. The van der Waals surface area contributed by atoms with Gasteiger partial charge in [0.1, 0.15) is 5.75 Å². The number of nitrogens with zero attached hydrogens (tertiary/aromatic N) is 1. The van der Waals surface area contributed by atoms with E-state index in [9.17, 15) is 23.1 Å². The molecule has 2 aromatic carbocycles. The zero-order valence-electron chi connectivity index (χ0n) is 16.0. The van der Waals surface area contributed by atoms with Gasteiger partial charge in [0.25, 0.3) is 5.91 Å². The number of aromatic hydroxyl groups is 1. The minimum absolute atomic E-state index is 0.0706. The summed E-state index contributed by atoms with van der Waals surface area (Å²) in [6.07, 6.45) is -5.01. The lowest BCUT2D eigenvalue weighted by Crippen LogP contribution is -2.21. The highest BCUT2D eigenvalue weighted by Gasteiger charge is 2.33. The molecular formula is C20H18BrF3N2O3. The molecule has 154 valence electrons. The Morgan fingerprint density at radius 1 is 1.24 bits per heavy atom. The van der Waals surface area contributed by atoms with Gasteiger partial charge in [-0.3, -0.25) is 4.79 Å². The molecule has 0 bridgehead atoms. The van der Waals surface area contributed by atoms with Crippen molar-refractivity contribution in [3.05, 3.63) is 51.0 Å². The fourth-order valence-electron chi connectivity index (χ4n) is 2.67. The highest BCUT2D eigenvalue weighted by molar-refractivity contribution is 9.10. The summed E-state index contributed by atoms with van der Waals surface area (Å²) in [5, 5.41) is 21.9. The molecule has 9 heteroatoms. The fourth-order valence-corrected chi connectivity index (χ4v) is 3.10. The van der Waals surface area contributed by atoms with Crippen molar-refractivity contribution >= 4 is 27.5 Å². The number of carbonyl (C=O) groups is 1. The first-order valence-electron chi connectivity index (χ1n) is 8.38. The van der Waals surface area contributed by atoms with Crippen molar-refractivity contribution in [2.75, 3.05) is 5.32 Å². The molecule has 5 nitrogen and oxygen atoms in total. The van der Waals surface area contributed by atoms with Crippen LogP contribution in [0.15, 0.2) is 28.7 Å². The molecule has 0 aliphatic carbocycles. The Balaban J connectivity index is 2.54. The number of nitriles is 1. The van der Waals surface area contributed by atoms with Gasteiger partial charge in [-0.25, -0.2) is 0 Å². The van der Waals surface area contributed by atoms with Gasteiger partial charge in [0, 0.05) is 16.1 Å². The lowest BCUT2D eigenvalue weighted by atomic mass is 9.84. The minimum atomic E-state index is -5.01. The Morgan fingerprint density at radius 3 is 2.38 bits per heavy atom. The van der Waals surface area contributed by atoms with Gasteiger partial charge in [-0.2, -0.15) is 5.26 Å². The molecule has 29 heavy (non-hydrogen) atoms. The first-order valence-corrected chi connectivity index (χ1v) is 9.17. The molecule has 0 heterocycles. The zero-order chi connectivity index (χ0) is 22.1. The molecule has 2 aromatic rings. The summed E-state index contributed by atoms with van der Waals surface area (Å²) >= 11 is 3.35. The van der Waals surface area contributed by atoms with Gasteiger partial charge in [0.15, 0.2) is 5.75 Å². The van der Waals surface area contributed by atoms with Gasteiger partial charge in [0.05, 0.1) is 22.9 Å². The standard InChI is InChI=1S/C20H18BrF3N2O3/c1-10-13(21)8-12(19(2,3)4)17(27)16(10)18(28)26-14-6-5-11(9-25)7-15(14)29-20(22,23)24/h5-8,27H,1-4H3,(H,26,28). The lowest BCUT2D eigenvalue weighted by molar-refractivity contribution is -0.274. The molecule has 0 saturated heterocycles. The molecule has 1 amide bonds. The van der Waals surface area contributed by atoms with Crippen LogP contribution >= 0.6 is 15.9 Å². The first-order chi connectivity index (χ1) is 13.2. The van der Waals surface area contributed by atoms with Crippen LogP contribution in [0.25, 0.3) is 0 Å². The second-order valence-corrected chi connectivity index (χ2v) is 8.18. The third-order valence-corrected chi connectivity index (χ3v) is 4.94. The molecular weight excluding hydrogens is 453 g/mol. The quantitative estimate of drug-likeness (QED) is 0.595. The average Bonchev–Trinajstić information content (AvgIpc) is 2.57. The number of phenolic OH excluding ortho intramolecular Hbond substituents is 1. The highest BCUT2D eigenvalue weighted by atomic mass is 79.9. The summed E-state index contributed by atoms with van der Waals surface area (Å²) in [5.74, 6) is -1.81. The van der Waals surface area contributed by atoms with E-state index in [4.69, 9.17) is 5.26 Å². The maximum Gasteiger partial charge on any atom is 0.573 e. The van der Waals surface area contributed by atoms with E-state index in [1.165, 1.54) is 6.07 Å². The van der Waals surface area contributed by atoms with E-state index < -0.39 is 23.4 Å². The van der Waals surface area contributed by atoms with Crippen LogP contribution in [-0.2, 0) is 5.41 Å². The van der Waals surface area contributed by atoms with Crippen LogP contribution in [0, 0.1) is 18.3 Å². The number of hydrogen-bond acceptors (Lipinski definition) is 4. The van der Waals surface area contributed by atoms with Crippen molar-refractivity contribution in [2.24, 2.45) is 0 Å². The van der Waals surface area contributed by atoms with E-state index >= 15 is 0 Å². The van der Waals surface area contributed by atoms with Crippen molar-refractivity contribution in [1.29, 1.82) is 5.26 Å².